The Morgan fingerprint density at radius 2 is 2.04 bits per heavy atom. The molecule has 0 aromatic heterocycles. The quantitative estimate of drug-likeness (QED) is 0.802. The molecule has 0 bridgehead atoms. The molecular weight excluding hydrogens is 354 g/mol. The molecule has 23 heavy (non-hydrogen) atoms. The van der Waals surface area contributed by atoms with Crippen LogP contribution >= 0.6 is 15.9 Å². The molecule has 0 saturated carbocycles. The first kappa shape index (κ1) is 15.0. The van der Waals surface area contributed by atoms with Gasteiger partial charge in [0.25, 0.3) is 0 Å². The van der Waals surface area contributed by atoms with Crippen LogP contribution in [0.25, 0.3) is 0 Å². The Morgan fingerprint density at radius 3 is 2.87 bits per heavy atom. The number of rotatable bonds is 2. The Kier molecular flexibility index (Phi) is 3.82. The van der Waals surface area contributed by atoms with Gasteiger partial charge in [0.2, 0.25) is 0 Å². The predicted octanol–water partition coefficient (Wildman–Crippen LogP) is 5.01. The molecule has 0 amide bonds. The molecule has 2 heterocycles. The molecule has 0 aliphatic carbocycles. The van der Waals surface area contributed by atoms with Gasteiger partial charge in [0.15, 0.2) is 0 Å². The molecule has 2 aliphatic heterocycles. The van der Waals surface area contributed by atoms with Gasteiger partial charge in [0.1, 0.15) is 5.75 Å². The van der Waals surface area contributed by atoms with Crippen molar-refractivity contribution < 1.29 is 9.47 Å². The lowest BCUT2D eigenvalue weighted by molar-refractivity contribution is 0.0826. The highest BCUT2D eigenvalue weighted by molar-refractivity contribution is 9.10. The molecule has 1 saturated heterocycles. The zero-order valence-corrected chi connectivity index (χ0v) is 14.9. The van der Waals surface area contributed by atoms with Crippen LogP contribution in [0.5, 0.6) is 5.75 Å². The van der Waals surface area contributed by atoms with Crippen molar-refractivity contribution in [3.05, 3.63) is 57.6 Å². The topological polar surface area (TPSA) is 30.5 Å². The fourth-order valence-corrected chi connectivity index (χ4v) is 4.23. The Balaban J connectivity index is 1.82. The lowest BCUT2D eigenvalue weighted by Crippen LogP contribution is -2.29. The zero-order chi connectivity index (χ0) is 16.0. The standard InChI is InChI=1S/C19H20BrNO2/c1-11-3-5-16-14(9-11)19-13(7-8-23-19)18(21-16)15-10-12(20)4-6-17(15)22-2/h3-6,9-10,13,18-19,21H,7-8H2,1-2H3/t13-,18+,19-/m0/s1. The smallest absolute Gasteiger partial charge is 0.124 e. The van der Waals surface area contributed by atoms with Crippen molar-refractivity contribution >= 4 is 21.6 Å². The van der Waals surface area contributed by atoms with Gasteiger partial charge in [-0.1, -0.05) is 33.6 Å². The number of ether oxygens (including phenoxy) is 2. The third kappa shape index (κ3) is 2.54. The van der Waals surface area contributed by atoms with Crippen LogP contribution in [-0.4, -0.2) is 13.7 Å². The minimum absolute atomic E-state index is 0.167. The number of aryl methyl sites for hydroxylation is 1. The average molecular weight is 374 g/mol. The van der Waals surface area contributed by atoms with E-state index in [0.717, 1.165) is 23.2 Å². The number of halogens is 1. The van der Waals surface area contributed by atoms with E-state index in [1.54, 1.807) is 7.11 Å². The molecule has 0 unspecified atom stereocenters. The normalized spacial score (nSPS) is 25.4. The van der Waals surface area contributed by atoms with Gasteiger partial charge in [-0.3, -0.25) is 0 Å². The van der Waals surface area contributed by atoms with Gasteiger partial charge in [0.05, 0.1) is 19.3 Å². The summed E-state index contributed by atoms with van der Waals surface area (Å²) in [5.41, 5.74) is 4.93. The van der Waals surface area contributed by atoms with Crippen molar-refractivity contribution in [2.75, 3.05) is 19.0 Å². The summed E-state index contributed by atoms with van der Waals surface area (Å²) < 4.78 is 12.8. The van der Waals surface area contributed by atoms with Gasteiger partial charge in [-0.05, 0) is 37.6 Å². The highest BCUT2D eigenvalue weighted by atomic mass is 79.9. The summed E-state index contributed by atoms with van der Waals surface area (Å²) in [6.07, 6.45) is 1.23. The molecule has 0 radical (unpaired) electrons. The maximum absolute atomic E-state index is 6.10. The van der Waals surface area contributed by atoms with Gasteiger partial charge < -0.3 is 14.8 Å². The van der Waals surface area contributed by atoms with Gasteiger partial charge in [0, 0.05) is 33.8 Å². The van der Waals surface area contributed by atoms with Crippen molar-refractivity contribution in [1.82, 2.24) is 0 Å². The number of anilines is 1. The summed E-state index contributed by atoms with van der Waals surface area (Å²) in [5.74, 6) is 1.35. The second kappa shape index (κ2) is 5.84. The Labute approximate surface area is 145 Å². The molecule has 4 rings (SSSR count). The first-order valence-corrected chi connectivity index (χ1v) is 8.79. The fraction of sp³-hybridized carbons (Fsp3) is 0.368. The SMILES string of the molecule is COc1ccc(Br)cc1[C@@H]1Nc2ccc(C)cc2[C@H]2OCC[C@H]21. The van der Waals surface area contributed by atoms with Crippen LogP contribution in [0.3, 0.4) is 0 Å². The van der Waals surface area contributed by atoms with Crippen molar-refractivity contribution in [2.45, 2.75) is 25.5 Å². The number of hydrogen-bond acceptors (Lipinski definition) is 3. The Bertz CT molecular complexity index is 746. The number of benzene rings is 2. The minimum atomic E-state index is 0.167. The largest absolute Gasteiger partial charge is 0.496 e. The van der Waals surface area contributed by atoms with Crippen LogP contribution < -0.4 is 10.1 Å². The third-order valence-corrected chi connectivity index (χ3v) is 5.41. The summed E-state index contributed by atoms with van der Waals surface area (Å²) in [5, 5.41) is 3.73. The predicted molar refractivity (Wildman–Crippen MR) is 95.0 cm³/mol. The Morgan fingerprint density at radius 1 is 1.17 bits per heavy atom. The van der Waals surface area contributed by atoms with Gasteiger partial charge in [-0.15, -0.1) is 0 Å². The number of methoxy groups -OCH3 is 1. The van der Waals surface area contributed by atoms with E-state index in [9.17, 15) is 0 Å². The van der Waals surface area contributed by atoms with Crippen LogP contribution in [0.2, 0.25) is 0 Å². The lowest BCUT2D eigenvalue weighted by atomic mass is 9.80. The van der Waals surface area contributed by atoms with Crippen molar-refractivity contribution in [3.8, 4) is 5.75 Å². The highest BCUT2D eigenvalue weighted by Gasteiger charge is 2.42. The van der Waals surface area contributed by atoms with Crippen LogP contribution in [0.15, 0.2) is 40.9 Å². The van der Waals surface area contributed by atoms with Gasteiger partial charge in [-0.25, -0.2) is 0 Å². The maximum atomic E-state index is 6.10. The van der Waals surface area contributed by atoms with E-state index in [0.29, 0.717) is 5.92 Å². The number of hydrogen-bond donors (Lipinski definition) is 1. The second-order valence-electron chi connectivity index (χ2n) is 6.34. The average Bonchev–Trinajstić information content (AvgIpc) is 3.04. The van der Waals surface area contributed by atoms with E-state index >= 15 is 0 Å². The number of nitrogens with one attached hydrogen (secondary N) is 1. The van der Waals surface area contributed by atoms with E-state index < -0.39 is 0 Å². The third-order valence-electron chi connectivity index (χ3n) is 4.92. The monoisotopic (exact) mass is 373 g/mol. The molecular formula is C19H20BrNO2. The molecule has 1 fully saturated rings. The summed E-state index contributed by atoms with van der Waals surface area (Å²) in [6.45, 7) is 2.95. The van der Waals surface area contributed by atoms with E-state index in [1.807, 2.05) is 12.1 Å². The number of fused-ring (bicyclic) bond motifs is 3. The van der Waals surface area contributed by atoms with Gasteiger partial charge in [-0.2, -0.15) is 0 Å². The molecule has 2 aromatic carbocycles. The molecule has 1 N–H and O–H groups in total. The maximum Gasteiger partial charge on any atom is 0.124 e. The van der Waals surface area contributed by atoms with Crippen LogP contribution in [-0.2, 0) is 4.74 Å². The van der Waals surface area contributed by atoms with E-state index in [1.165, 1.54) is 22.4 Å². The van der Waals surface area contributed by atoms with Crippen molar-refractivity contribution in [2.24, 2.45) is 5.92 Å². The second-order valence-corrected chi connectivity index (χ2v) is 7.26. The Hall–Kier alpha value is -1.52. The van der Waals surface area contributed by atoms with E-state index in [4.69, 9.17) is 9.47 Å². The van der Waals surface area contributed by atoms with Crippen molar-refractivity contribution in [3.63, 3.8) is 0 Å². The summed E-state index contributed by atoms with van der Waals surface area (Å²) in [6, 6.07) is 13.0. The molecule has 3 atom stereocenters. The fourth-order valence-electron chi connectivity index (χ4n) is 3.85. The van der Waals surface area contributed by atoms with Crippen LogP contribution in [0.4, 0.5) is 5.69 Å². The zero-order valence-electron chi connectivity index (χ0n) is 13.3. The lowest BCUT2D eigenvalue weighted by Gasteiger charge is -2.37. The highest BCUT2D eigenvalue weighted by Crippen LogP contribution is 2.51. The molecule has 2 aromatic rings. The van der Waals surface area contributed by atoms with Crippen LogP contribution in [0.1, 0.15) is 35.3 Å². The molecule has 3 nitrogen and oxygen atoms in total. The molecule has 2 aliphatic rings. The van der Waals surface area contributed by atoms with E-state index in [-0.39, 0.29) is 12.1 Å². The molecule has 120 valence electrons. The summed E-state index contributed by atoms with van der Waals surface area (Å²) in [7, 11) is 1.73. The minimum Gasteiger partial charge on any atom is -0.496 e. The molecule has 0 spiro atoms. The molecule has 4 heteroatoms. The first-order valence-electron chi connectivity index (χ1n) is 7.99. The van der Waals surface area contributed by atoms with Crippen LogP contribution in [0, 0.1) is 12.8 Å². The summed E-state index contributed by atoms with van der Waals surface area (Å²) >= 11 is 3.59. The first-order chi connectivity index (χ1) is 11.2. The van der Waals surface area contributed by atoms with Gasteiger partial charge >= 0.3 is 0 Å². The van der Waals surface area contributed by atoms with E-state index in [2.05, 4.69) is 52.4 Å². The van der Waals surface area contributed by atoms with Crippen molar-refractivity contribution in [1.29, 1.82) is 0 Å². The summed E-state index contributed by atoms with van der Waals surface area (Å²) in [4.78, 5) is 0.